The topological polar surface area (TPSA) is 57.7 Å². The quantitative estimate of drug-likeness (QED) is 0.621. The van der Waals surface area contributed by atoms with Gasteiger partial charge in [-0.1, -0.05) is 12.1 Å². The fourth-order valence-corrected chi connectivity index (χ4v) is 2.38. The number of ketones is 1. The van der Waals surface area contributed by atoms with Crippen LogP contribution in [0.2, 0.25) is 0 Å². The van der Waals surface area contributed by atoms with Crippen molar-refractivity contribution in [3.05, 3.63) is 35.4 Å². The molecule has 0 saturated carbocycles. The standard InChI is InChI=1S/C15H15F3N2O3/c1-19(13(22)11-8-20(2)14(23)12(11)21)7-9-3-5-10(6-4-9)15(16,17)18/h3-6,11H,7-8H2,1-2H3. The third-order valence-electron chi connectivity index (χ3n) is 3.71. The van der Waals surface area contributed by atoms with Crippen LogP contribution in [0.5, 0.6) is 0 Å². The third kappa shape index (κ3) is 3.52. The number of likely N-dealkylation sites (N-methyl/N-ethyl adjacent to an activating group) is 1. The number of carbonyl (C=O) groups is 3. The number of halogens is 3. The molecule has 23 heavy (non-hydrogen) atoms. The molecule has 1 aromatic carbocycles. The van der Waals surface area contributed by atoms with Gasteiger partial charge < -0.3 is 9.80 Å². The van der Waals surface area contributed by atoms with E-state index in [0.717, 1.165) is 12.1 Å². The first-order chi connectivity index (χ1) is 10.6. The summed E-state index contributed by atoms with van der Waals surface area (Å²) in [6.07, 6.45) is -4.42. The van der Waals surface area contributed by atoms with Gasteiger partial charge in [0.05, 0.1) is 5.56 Å². The minimum Gasteiger partial charge on any atom is -0.341 e. The van der Waals surface area contributed by atoms with Gasteiger partial charge in [-0.3, -0.25) is 14.4 Å². The van der Waals surface area contributed by atoms with Crippen molar-refractivity contribution >= 4 is 17.6 Å². The molecule has 0 bridgehead atoms. The predicted molar refractivity (Wildman–Crippen MR) is 74.1 cm³/mol. The Morgan fingerprint density at radius 1 is 1.26 bits per heavy atom. The molecular weight excluding hydrogens is 313 g/mol. The molecule has 0 radical (unpaired) electrons. The molecule has 1 heterocycles. The number of carbonyl (C=O) groups excluding carboxylic acids is 3. The van der Waals surface area contributed by atoms with Crippen molar-refractivity contribution in [2.75, 3.05) is 20.6 Å². The van der Waals surface area contributed by atoms with E-state index in [-0.39, 0.29) is 13.1 Å². The lowest BCUT2D eigenvalue weighted by Crippen LogP contribution is -2.36. The number of rotatable bonds is 3. The highest BCUT2D eigenvalue weighted by atomic mass is 19.4. The molecule has 0 aliphatic carbocycles. The Kier molecular flexibility index (Phi) is 4.44. The predicted octanol–water partition coefficient (Wildman–Crippen LogP) is 1.32. The highest BCUT2D eigenvalue weighted by Gasteiger charge is 2.42. The monoisotopic (exact) mass is 328 g/mol. The van der Waals surface area contributed by atoms with Crippen molar-refractivity contribution in [1.29, 1.82) is 0 Å². The second-order valence-corrected chi connectivity index (χ2v) is 5.49. The summed E-state index contributed by atoms with van der Waals surface area (Å²) >= 11 is 0. The molecule has 0 N–H and O–H groups in total. The first-order valence-corrected chi connectivity index (χ1v) is 6.81. The summed E-state index contributed by atoms with van der Waals surface area (Å²) in [6, 6.07) is 4.43. The molecule has 2 amide bonds. The molecule has 1 atom stereocenters. The summed E-state index contributed by atoms with van der Waals surface area (Å²) in [5.41, 5.74) is -0.271. The zero-order chi connectivity index (χ0) is 17.4. The second-order valence-electron chi connectivity index (χ2n) is 5.49. The van der Waals surface area contributed by atoms with Gasteiger partial charge in [0.15, 0.2) is 0 Å². The van der Waals surface area contributed by atoms with Gasteiger partial charge in [-0.05, 0) is 17.7 Å². The van der Waals surface area contributed by atoms with Crippen LogP contribution in [0.25, 0.3) is 0 Å². The van der Waals surface area contributed by atoms with E-state index in [2.05, 4.69) is 0 Å². The van der Waals surface area contributed by atoms with Gasteiger partial charge in [-0.15, -0.1) is 0 Å². The minimum absolute atomic E-state index is 0.0217. The summed E-state index contributed by atoms with van der Waals surface area (Å²) in [6.45, 7) is 0.0759. The Bertz CT molecular complexity index is 640. The summed E-state index contributed by atoms with van der Waals surface area (Å²) in [5.74, 6) is -3.03. The van der Waals surface area contributed by atoms with Gasteiger partial charge in [0.1, 0.15) is 5.92 Å². The summed E-state index contributed by atoms with van der Waals surface area (Å²) in [4.78, 5) is 37.8. The molecule has 0 aromatic heterocycles. The molecule has 0 spiro atoms. The molecule has 5 nitrogen and oxygen atoms in total. The van der Waals surface area contributed by atoms with Crippen LogP contribution in [0.3, 0.4) is 0 Å². The molecule has 1 unspecified atom stereocenters. The number of nitrogens with zero attached hydrogens (tertiary/aromatic N) is 2. The normalized spacial score (nSPS) is 18.5. The number of amides is 2. The van der Waals surface area contributed by atoms with Crippen LogP contribution in [-0.2, 0) is 27.1 Å². The fraction of sp³-hybridized carbons (Fsp3) is 0.400. The van der Waals surface area contributed by atoms with Crippen LogP contribution in [0, 0.1) is 5.92 Å². The van der Waals surface area contributed by atoms with Crippen molar-refractivity contribution in [2.45, 2.75) is 12.7 Å². The van der Waals surface area contributed by atoms with Gasteiger partial charge >= 0.3 is 6.18 Å². The van der Waals surface area contributed by atoms with Gasteiger partial charge in [0.25, 0.3) is 5.91 Å². The van der Waals surface area contributed by atoms with E-state index in [0.29, 0.717) is 5.56 Å². The number of alkyl halides is 3. The average molecular weight is 328 g/mol. The van der Waals surface area contributed by atoms with Crippen LogP contribution in [0.1, 0.15) is 11.1 Å². The summed E-state index contributed by atoms with van der Waals surface area (Å²) in [5, 5.41) is 0. The van der Waals surface area contributed by atoms with Crippen LogP contribution < -0.4 is 0 Å². The van der Waals surface area contributed by atoms with Crippen molar-refractivity contribution in [1.82, 2.24) is 9.80 Å². The molecule has 1 aliphatic heterocycles. The van der Waals surface area contributed by atoms with Crippen molar-refractivity contribution < 1.29 is 27.6 Å². The minimum atomic E-state index is -4.42. The molecular formula is C15H15F3N2O3. The number of likely N-dealkylation sites (tertiary alicyclic amines) is 1. The van der Waals surface area contributed by atoms with E-state index < -0.39 is 35.3 Å². The first-order valence-electron chi connectivity index (χ1n) is 6.81. The van der Waals surface area contributed by atoms with Crippen molar-refractivity contribution in [3.63, 3.8) is 0 Å². The third-order valence-corrected chi connectivity index (χ3v) is 3.71. The lowest BCUT2D eigenvalue weighted by molar-refractivity contribution is -0.144. The smallest absolute Gasteiger partial charge is 0.341 e. The molecule has 1 fully saturated rings. The van der Waals surface area contributed by atoms with Gasteiger partial charge in [-0.2, -0.15) is 13.2 Å². The van der Waals surface area contributed by atoms with Crippen molar-refractivity contribution in [3.8, 4) is 0 Å². The van der Waals surface area contributed by atoms with Crippen molar-refractivity contribution in [2.24, 2.45) is 5.92 Å². The van der Waals surface area contributed by atoms with Crippen LogP contribution in [0.15, 0.2) is 24.3 Å². The van der Waals surface area contributed by atoms with E-state index in [9.17, 15) is 27.6 Å². The Hall–Kier alpha value is -2.38. The van der Waals surface area contributed by atoms with Crippen LogP contribution >= 0.6 is 0 Å². The molecule has 1 aromatic rings. The number of hydrogen-bond acceptors (Lipinski definition) is 3. The fourth-order valence-electron chi connectivity index (χ4n) is 2.38. The Morgan fingerprint density at radius 3 is 2.26 bits per heavy atom. The number of Topliss-reactive ketones (excluding diaryl/α,β-unsaturated/α-hetero) is 1. The maximum absolute atomic E-state index is 12.5. The maximum atomic E-state index is 12.5. The zero-order valence-electron chi connectivity index (χ0n) is 12.6. The Labute approximate surface area is 130 Å². The highest BCUT2D eigenvalue weighted by Crippen LogP contribution is 2.29. The summed E-state index contributed by atoms with van der Waals surface area (Å²) < 4.78 is 37.5. The molecule has 124 valence electrons. The lowest BCUT2D eigenvalue weighted by Gasteiger charge is -2.20. The van der Waals surface area contributed by atoms with E-state index in [1.807, 2.05) is 0 Å². The molecule has 2 rings (SSSR count). The Morgan fingerprint density at radius 2 is 1.83 bits per heavy atom. The molecule has 1 saturated heterocycles. The number of benzene rings is 1. The van der Waals surface area contributed by atoms with E-state index in [1.54, 1.807) is 0 Å². The largest absolute Gasteiger partial charge is 0.416 e. The number of hydrogen-bond donors (Lipinski definition) is 0. The van der Waals surface area contributed by atoms with E-state index >= 15 is 0 Å². The molecule has 8 heteroatoms. The van der Waals surface area contributed by atoms with Crippen LogP contribution in [-0.4, -0.2) is 48.0 Å². The van der Waals surface area contributed by atoms with E-state index in [4.69, 9.17) is 0 Å². The summed E-state index contributed by atoms with van der Waals surface area (Å²) in [7, 11) is 2.87. The van der Waals surface area contributed by atoms with Crippen LogP contribution in [0.4, 0.5) is 13.2 Å². The van der Waals surface area contributed by atoms with Gasteiger partial charge in [-0.25, -0.2) is 0 Å². The average Bonchev–Trinajstić information content (AvgIpc) is 2.73. The lowest BCUT2D eigenvalue weighted by atomic mass is 10.1. The van der Waals surface area contributed by atoms with E-state index in [1.165, 1.54) is 36.0 Å². The zero-order valence-corrected chi connectivity index (χ0v) is 12.6. The maximum Gasteiger partial charge on any atom is 0.416 e. The SMILES string of the molecule is CN1CC(C(=O)N(C)Cc2ccc(C(F)(F)F)cc2)C(=O)C1=O. The molecule has 1 aliphatic rings. The highest BCUT2D eigenvalue weighted by molar-refractivity contribution is 6.42. The first kappa shape index (κ1) is 17.0. The van der Waals surface area contributed by atoms with Gasteiger partial charge in [0, 0.05) is 27.2 Å². The second kappa shape index (κ2) is 6.02. The Balaban J connectivity index is 2.04. The van der Waals surface area contributed by atoms with Gasteiger partial charge in [0.2, 0.25) is 11.7 Å².